The van der Waals surface area contributed by atoms with E-state index in [1.807, 2.05) is 0 Å². The van der Waals surface area contributed by atoms with E-state index >= 15 is 0 Å². The molecule has 1 aromatic heterocycles. The van der Waals surface area contributed by atoms with Gasteiger partial charge in [-0.15, -0.1) is 0 Å². The van der Waals surface area contributed by atoms with E-state index in [1.54, 1.807) is 18.2 Å². The zero-order chi connectivity index (χ0) is 15.4. The third-order valence-corrected chi connectivity index (χ3v) is 3.07. The number of carbonyl (C=O) groups is 2. The molecule has 0 saturated carbocycles. The van der Waals surface area contributed by atoms with Gasteiger partial charge in [0.25, 0.3) is 0 Å². The second-order valence-electron chi connectivity index (χ2n) is 4.15. The van der Waals surface area contributed by atoms with Gasteiger partial charge in [0.2, 0.25) is 0 Å². The Morgan fingerprint density at radius 3 is 2.71 bits per heavy atom. The Bertz CT molecular complexity index is 680. The smallest absolute Gasteiger partial charge is 0.338 e. The van der Waals surface area contributed by atoms with Gasteiger partial charge in [0.1, 0.15) is 12.0 Å². The molecule has 7 heteroatoms. The number of furan rings is 1. The first-order chi connectivity index (χ1) is 10.0. The molecule has 21 heavy (non-hydrogen) atoms. The average Bonchev–Trinajstić information content (AvgIpc) is 2.94. The molecule has 110 valence electrons. The van der Waals surface area contributed by atoms with Crippen LogP contribution in [-0.2, 0) is 11.3 Å². The number of ether oxygens (including phenoxy) is 1. The average molecular weight is 310 g/mol. The number of anilines is 1. The van der Waals surface area contributed by atoms with Gasteiger partial charge in [0.05, 0.1) is 35.5 Å². The molecular weight excluding hydrogens is 298 g/mol. The molecule has 0 fully saturated rings. The third kappa shape index (κ3) is 3.55. The maximum atomic E-state index is 11.5. The van der Waals surface area contributed by atoms with Crippen molar-refractivity contribution in [3.8, 4) is 0 Å². The van der Waals surface area contributed by atoms with Crippen molar-refractivity contribution < 1.29 is 23.8 Å². The molecule has 2 N–H and O–H groups in total. The van der Waals surface area contributed by atoms with Crippen molar-refractivity contribution in [2.45, 2.75) is 6.54 Å². The number of carbonyl (C=O) groups excluding carboxylic acids is 1. The standard InChI is InChI=1S/C14H12ClNO5/c1-20-14(19)8-2-3-11(15)12(5-8)16-6-10-4-9(7-21-10)13(17)18/h2-5,7,16H,6H2,1H3,(H,17,18). The first-order valence-electron chi connectivity index (χ1n) is 5.93. The molecule has 1 heterocycles. The lowest BCUT2D eigenvalue weighted by atomic mass is 10.2. The van der Waals surface area contributed by atoms with Crippen LogP contribution in [0.15, 0.2) is 34.9 Å². The van der Waals surface area contributed by atoms with Gasteiger partial charge in [-0.05, 0) is 24.3 Å². The Morgan fingerprint density at radius 1 is 1.33 bits per heavy atom. The summed E-state index contributed by atoms with van der Waals surface area (Å²) >= 11 is 6.03. The molecular formula is C14H12ClNO5. The molecule has 0 amide bonds. The predicted octanol–water partition coefficient (Wildman–Crippen LogP) is 3.03. The number of nitrogens with one attached hydrogen (secondary N) is 1. The van der Waals surface area contributed by atoms with E-state index < -0.39 is 11.9 Å². The van der Waals surface area contributed by atoms with Crippen LogP contribution < -0.4 is 5.32 Å². The summed E-state index contributed by atoms with van der Waals surface area (Å²) in [5, 5.41) is 12.2. The van der Waals surface area contributed by atoms with Crippen molar-refractivity contribution in [2.75, 3.05) is 12.4 Å². The Balaban J connectivity index is 2.11. The summed E-state index contributed by atoms with van der Waals surface area (Å²) in [7, 11) is 1.29. The number of esters is 1. The molecule has 0 bridgehead atoms. The third-order valence-electron chi connectivity index (χ3n) is 2.74. The molecule has 0 spiro atoms. The van der Waals surface area contributed by atoms with E-state index in [4.69, 9.17) is 21.1 Å². The summed E-state index contributed by atoms with van der Waals surface area (Å²) in [6.45, 7) is 0.234. The molecule has 0 aliphatic heterocycles. The fourth-order valence-electron chi connectivity index (χ4n) is 1.67. The van der Waals surface area contributed by atoms with Gasteiger partial charge < -0.3 is 19.6 Å². The number of carboxylic acids is 1. The van der Waals surface area contributed by atoms with Gasteiger partial charge in [0, 0.05) is 0 Å². The van der Waals surface area contributed by atoms with E-state index in [2.05, 4.69) is 10.1 Å². The lowest BCUT2D eigenvalue weighted by Gasteiger charge is -2.08. The zero-order valence-corrected chi connectivity index (χ0v) is 11.8. The number of methoxy groups -OCH3 is 1. The molecule has 2 aromatic rings. The maximum Gasteiger partial charge on any atom is 0.338 e. The highest BCUT2D eigenvalue weighted by molar-refractivity contribution is 6.33. The van der Waals surface area contributed by atoms with Crippen molar-refractivity contribution in [1.29, 1.82) is 0 Å². The van der Waals surface area contributed by atoms with E-state index in [-0.39, 0.29) is 12.1 Å². The first-order valence-corrected chi connectivity index (χ1v) is 6.31. The quantitative estimate of drug-likeness (QED) is 0.825. The molecule has 2 rings (SSSR count). The van der Waals surface area contributed by atoms with E-state index in [1.165, 1.54) is 13.2 Å². The Morgan fingerprint density at radius 2 is 2.10 bits per heavy atom. The van der Waals surface area contributed by atoms with Crippen LogP contribution in [-0.4, -0.2) is 24.2 Å². The molecule has 6 nitrogen and oxygen atoms in total. The van der Waals surface area contributed by atoms with E-state index in [0.29, 0.717) is 22.0 Å². The van der Waals surface area contributed by atoms with Crippen LogP contribution in [0, 0.1) is 0 Å². The summed E-state index contributed by atoms with van der Waals surface area (Å²) in [5.41, 5.74) is 0.948. The largest absolute Gasteiger partial charge is 0.478 e. The van der Waals surface area contributed by atoms with Crippen molar-refractivity contribution in [1.82, 2.24) is 0 Å². The number of hydrogen-bond donors (Lipinski definition) is 2. The molecule has 1 aromatic carbocycles. The minimum absolute atomic E-state index is 0.0706. The van der Waals surface area contributed by atoms with Crippen LogP contribution in [0.4, 0.5) is 5.69 Å². The molecule has 0 aliphatic rings. The van der Waals surface area contributed by atoms with Crippen molar-refractivity contribution in [3.05, 3.63) is 52.4 Å². The molecule has 0 atom stereocenters. The van der Waals surface area contributed by atoms with Gasteiger partial charge >= 0.3 is 11.9 Å². The fourth-order valence-corrected chi connectivity index (χ4v) is 1.86. The number of halogens is 1. The highest BCUT2D eigenvalue weighted by Gasteiger charge is 2.11. The van der Waals surface area contributed by atoms with Crippen LogP contribution in [0.1, 0.15) is 26.5 Å². The van der Waals surface area contributed by atoms with Crippen LogP contribution >= 0.6 is 11.6 Å². The molecule has 0 saturated heterocycles. The van der Waals surface area contributed by atoms with Crippen LogP contribution in [0.5, 0.6) is 0 Å². The summed E-state index contributed by atoms with van der Waals surface area (Å²) in [6, 6.07) is 6.08. The van der Waals surface area contributed by atoms with Crippen LogP contribution in [0.25, 0.3) is 0 Å². The highest BCUT2D eigenvalue weighted by atomic mass is 35.5. The SMILES string of the molecule is COC(=O)c1ccc(Cl)c(NCc2cc(C(=O)O)co2)c1. The Labute approximate surface area is 125 Å². The maximum absolute atomic E-state index is 11.5. The second kappa shape index (κ2) is 6.32. The number of benzene rings is 1. The van der Waals surface area contributed by atoms with Crippen LogP contribution in [0.2, 0.25) is 5.02 Å². The lowest BCUT2D eigenvalue weighted by Crippen LogP contribution is -2.04. The lowest BCUT2D eigenvalue weighted by molar-refractivity contribution is 0.0600. The van der Waals surface area contributed by atoms with Crippen molar-refractivity contribution >= 4 is 29.2 Å². The minimum Gasteiger partial charge on any atom is -0.478 e. The van der Waals surface area contributed by atoms with Crippen molar-refractivity contribution in [3.63, 3.8) is 0 Å². The highest BCUT2D eigenvalue weighted by Crippen LogP contribution is 2.24. The second-order valence-corrected chi connectivity index (χ2v) is 4.55. The Hall–Kier alpha value is -2.47. The normalized spacial score (nSPS) is 10.2. The van der Waals surface area contributed by atoms with Gasteiger partial charge in [-0.2, -0.15) is 0 Å². The molecule has 0 unspecified atom stereocenters. The topological polar surface area (TPSA) is 88.8 Å². The zero-order valence-electron chi connectivity index (χ0n) is 11.1. The van der Waals surface area contributed by atoms with E-state index in [9.17, 15) is 9.59 Å². The fraction of sp³-hybridized carbons (Fsp3) is 0.143. The summed E-state index contributed by atoms with van der Waals surface area (Å²) in [4.78, 5) is 22.2. The van der Waals surface area contributed by atoms with Crippen LogP contribution in [0.3, 0.4) is 0 Å². The minimum atomic E-state index is -1.06. The van der Waals surface area contributed by atoms with Gasteiger partial charge in [-0.3, -0.25) is 0 Å². The first kappa shape index (κ1) is 14.9. The van der Waals surface area contributed by atoms with Gasteiger partial charge in [0.15, 0.2) is 0 Å². The van der Waals surface area contributed by atoms with Gasteiger partial charge in [-0.25, -0.2) is 9.59 Å². The summed E-state index contributed by atoms with van der Waals surface area (Å²) < 4.78 is 9.74. The monoisotopic (exact) mass is 309 g/mol. The number of carboxylic acid groups (broad SMARTS) is 1. The number of rotatable bonds is 5. The predicted molar refractivity (Wildman–Crippen MR) is 75.8 cm³/mol. The van der Waals surface area contributed by atoms with E-state index in [0.717, 1.165) is 6.26 Å². The molecule has 0 aliphatic carbocycles. The summed E-state index contributed by atoms with van der Waals surface area (Å²) in [5.74, 6) is -1.09. The number of hydrogen-bond acceptors (Lipinski definition) is 5. The van der Waals surface area contributed by atoms with Gasteiger partial charge in [-0.1, -0.05) is 11.6 Å². The van der Waals surface area contributed by atoms with Crippen molar-refractivity contribution in [2.24, 2.45) is 0 Å². The number of aromatic carboxylic acids is 1. The Kier molecular flexibility index (Phi) is 4.49. The molecule has 0 radical (unpaired) electrons. The summed E-state index contributed by atoms with van der Waals surface area (Å²) in [6.07, 6.45) is 1.16.